The Hall–Kier alpha value is -1.36. The van der Waals surface area contributed by atoms with E-state index >= 15 is 0 Å². The number of aromatic nitrogens is 2. The van der Waals surface area contributed by atoms with Crippen molar-refractivity contribution in [2.24, 2.45) is 0 Å². The molecule has 1 fully saturated rings. The lowest BCUT2D eigenvalue weighted by Crippen LogP contribution is -2.49. The molecule has 1 saturated heterocycles. The van der Waals surface area contributed by atoms with Crippen LogP contribution < -0.4 is 15.5 Å². The van der Waals surface area contributed by atoms with Crippen LogP contribution in [0.15, 0.2) is 12.4 Å². The molecule has 0 radical (unpaired) electrons. The van der Waals surface area contributed by atoms with E-state index in [1.54, 1.807) is 6.33 Å². The van der Waals surface area contributed by atoms with E-state index in [0.717, 1.165) is 31.3 Å². The van der Waals surface area contributed by atoms with Crippen LogP contribution in [-0.2, 0) is 0 Å². The van der Waals surface area contributed by atoms with Crippen molar-refractivity contribution < 1.29 is 0 Å². The van der Waals surface area contributed by atoms with Crippen LogP contribution in [0.2, 0.25) is 0 Å². The Morgan fingerprint density at radius 3 is 3.13 bits per heavy atom. The van der Waals surface area contributed by atoms with Crippen LogP contribution >= 0.6 is 0 Å². The zero-order chi connectivity index (χ0) is 10.7. The molecular weight excluding hydrogens is 190 g/mol. The highest BCUT2D eigenvalue weighted by Gasteiger charge is 2.16. The third-order valence-electron chi connectivity index (χ3n) is 2.60. The molecule has 0 amide bonds. The molecule has 1 aliphatic rings. The second-order valence-electron chi connectivity index (χ2n) is 3.81. The zero-order valence-corrected chi connectivity index (χ0v) is 9.20. The van der Waals surface area contributed by atoms with Crippen molar-refractivity contribution in [3.8, 4) is 0 Å². The molecule has 2 rings (SSSR count). The molecule has 0 aliphatic carbocycles. The smallest absolute Gasteiger partial charge is 0.134 e. The first-order valence-electron chi connectivity index (χ1n) is 5.27. The molecule has 82 valence electrons. The molecule has 0 bridgehead atoms. The van der Waals surface area contributed by atoms with Crippen molar-refractivity contribution in [1.82, 2.24) is 15.3 Å². The summed E-state index contributed by atoms with van der Waals surface area (Å²) in [6, 6.07) is 2.50. The van der Waals surface area contributed by atoms with Gasteiger partial charge in [-0.05, 0) is 6.92 Å². The number of rotatable bonds is 2. The number of piperazine rings is 1. The minimum absolute atomic E-state index is 0.520. The summed E-state index contributed by atoms with van der Waals surface area (Å²) in [4.78, 5) is 10.7. The number of hydrogen-bond donors (Lipinski definition) is 2. The van der Waals surface area contributed by atoms with E-state index in [0.29, 0.717) is 6.04 Å². The third kappa shape index (κ3) is 2.36. The quantitative estimate of drug-likeness (QED) is 0.731. The van der Waals surface area contributed by atoms with Crippen molar-refractivity contribution in [3.63, 3.8) is 0 Å². The Labute approximate surface area is 89.9 Å². The van der Waals surface area contributed by atoms with Crippen LogP contribution in [0.3, 0.4) is 0 Å². The standard InChI is InChI=1S/C10H17N5/c1-8-6-15(4-3-12-8)10-5-9(11-2)13-7-14-10/h5,7-8,12H,3-4,6H2,1-2H3,(H,11,13,14). The summed E-state index contributed by atoms with van der Waals surface area (Å²) < 4.78 is 0. The Bertz CT molecular complexity index is 327. The molecule has 0 aromatic carbocycles. The molecule has 5 heteroatoms. The van der Waals surface area contributed by atoms with Gasteiger partial charge in [-0.1, -0.05) is 0 Å². The average molecular weight is 207 g/mol. The molecular formula is C10H17N5. The van der Waals surface area contributed by atoms with Crippen LogP contribution in [0.4, 0.5) is 11.6 Å². The Kier molecular flexibility index (Phi) is 3.01. The van der Waals surface area contributed by atoms with E-state index in [1.165, 1.54) is 0 Å². The molecule has 0 spiro atoms. The van der Waals surface area contributed by atoms with Gasteiger partial charge in [0.2, 0.25) is 0 Å². The van der Waals surface area contributed by atoms with Gasteiger partial charge in [0, 0.05) is 38.8 Å². The maximum atomic E-state index is 4.29. The van der Waals surface area contributed by atoms with Gasteiger partial charge in [0.05, 0.1) is 0 Å². The second kappa shape index (κ2) is 4.44. The van der Waals surface area contributed by atoms with Crippen LogP contribution in [0.1, 0.15) is 6.92 Å². The molecule has 2 heterocycles. The summed E-state index contributed by atoms with van der Waals surface area (Å²) in [5, 5.41) is 6.43. The molecule has 1 aliphatic heterocycles. The highest BCUT2D eigenvalue weighted by Crippen LogP contribution is 2.15. The van der Waals surface area contributed by atoms with Crippen LogP contribution in [0.25, 0.3) is 0 Å². The van der Waals surface area contributed by atoms with Gasteiger partial charge in [-0.15, -0.1) is 0 Å². The predicted molar refractivity (Wildman–Crippen MR) is 61.3 cm³/mol. The van der Waals surface area contributed by atoms with Crippen molar-refractivity contribution in [2.45, 2.75) is 13.0 Å². The molecule has 5 nitrogen and oxygen atoms in total. The Balaban J connectivity index is 2.13. The minimum Gasteiger partial charge on any atom is -0.373 e. The highest BCUT2D eigenvalue weighted by atomic mass is 15.2. The molecule has 0 saturated carbocycles. The lowest BCUT2D eigenvalue weighted by Gasteiger charge is -2.32. The molecule has 2 N–H and O–H groups in total. The van der Waals surface area contributed by atoms with Crippen LogP contribution in [0, 0.1) is 0 Å². The topological polar surface area (TPSA) is 53.1 Å². The summed E-state index contributed by atoms with van der Waals surface area (Å²) in [5.74, 6) is 1.87. The maximum absolute atomic E-state index is 4.29. The van der Waals surface area contributed by atoms with Gasteiger partial charge >= 0.3 is 0 Å². The highest BCUT2D eigenvalue weighted by molar-refractivity contribution is 5.48. The molecule has 1 aromatic heterocycles. The number of nitrogens with zero attached hydrogens (tertiary/aromatic N) is 3. The predicted octanol–water partition coefficient (Wildman–Crippen LogP) is 0.316. The fraction of sp³-hybridized carbons (Fsp3) is 0.600. The lowest BCUT2D eigenvalue weighted by atomic mass is 10.2. The summed E-state index contributed by atoms with van der Waals surface area (Å²) in [6.45, 7) is 5.21. The third-order valence-corrected chi connectivity index (χ3v) is 2.60. The molecule has 15 heavy (non-hydrogen) atoms. The lowest BCUT2D eigenvalue weighted by molar-refractivity contribution is 0.482. The van der Waals surface area contributed by atoms with E-state index < -0.39 is 0 Å². The Morgan fingerprint density at radius 2 is 2.40 bits per heavy atom. The fourth-order valence-corrected chi connectivity index (χ4v) is 1.80. The minimum atomic E-state index is 0.520. The monoisotopic (exact) mass is 207 g/mol. The summed E-state index contributed by atoms with van der Waals surface area (Å²) >= 11 is 0. The van der Waals surface area contributed by atoms with Gasteiger partial charge in [0.25, 0.3) is 0 Å². The van der Waals surface area contributed by atoms with Crippen molar-refractivity contribution >= 4 is 11.6 Å². The van der Waals surface area contributed by atoms with E-state index in [2.05, 4.69) is 32.4 Å². The summed E-state index contributed by atoms with van der Waals surface area (Å²) in [6.07, 6.45) is 1.61. The SMILES string of the molecule is CNc1cc(N2CCNC(C)C2)ncn1. The number of hydrogen-bond acceptors (Lipinski definition) is 5. The van der Waals surface area contributed by atoms with Gasteiger partial charge in [0.15, 0.2) is 0 Å². The largest absolute Gasteiger partial charge is 0.373 e. The van der Waals surface area contributed by atoms with Crippen molar-refractivity contribution in [2.75, 3.05) is 36.9 Å². The summed E-state index contributed by atoms with van der Waals surface area (Å²) in [5.41, 5.74) is 0. The zero-order valence-electron chi connectivity index (χ0n) is 9.20. The second-order valence-corrected chi connectivity index (χ2v) is 3.81. The van der Waals surface area contributed by atoms with Gasteiger partial charge in [0.1, 0.15) is 18.0 Å². The first-order valence-corrected chi connectivity index (χ1v) is 5.27. The van der Waals surface area contributed by atoms with Gasteiger partial charge in [-0.2, -0.15) is 0 Å². The average Bonchev–Trinajstić information content (AvgIpc) is 2.29. The van der Waals surface area contributed by atoms with Crippen LogP contribution in [0.5, 0.6) is 0 Å². The summed E-state index contributed by atoms with van der Waals surface area (Å²) in [7, 11) is 1.87. The van der Waals surface area contributed by atoms with E-state index in [4.69, 9.17) is 0 Å². The number of anilines is 2. The van der Waals surface area contributed by atoms with Crippen molar-refractivity contribution in [3.05, 3.63) is 12.4 Å². The normalized spacial score (nSPS) is 21.5. The van der Waals surface area contributed by atoms with Crippen molar-refractivity contribution in [1.29, 1.82) is 0 Å². The maximum Gasteiger partial charge on any atom is 0.134 e. The van der Waals surface area contributed by atoms with Crippen LogP contribution in [-0.4, -0.2) is 42.7 Å². The van der Waals surface area contributed by atoms with Gasteiger partial charge in [-0.3, -0.25) is 0 Å². The first kappa shape index (κ1) is 10.2. The molecule has 1 atom stereocenters. The molecule has 1 aromatic rings. The number of nitrogens with one attached hydrogen (secondary N) is 2. The first-order chi connectivity index (χ1) is 7.29. The van der Waals surface area contributed by atoms with E-state index in [1.807, 2.05) is 13.1 Å². The van der Waals surface area contributed by atoms with Gasteiger partial charge < -0.3 is 15.5 Å². The van der Waals surface area contributed by atoms with E-state index in [9.17, 15) is 0 Å². The Morgan fingerprint density at radius 1 is 1.53 bits per heavy atom. The molecule has 1 unspecified atom stereocenters. The van der Waals surface area contributed by atoms with Gasteiger partial charge in [-0.25, -0.2) is 9.97 Å². The van der Waals surface area contributed by atoms with E-state index in [-0.39, 0.29) is 0 Å². The fourth-order valence-electron chi connectivity index (χ4n) is 1.80.